The monoisotopic (exact) mass is 457 g/mol. The van der Waals surface area contributed by atoms with Crippen molar-refractivity contribution in [1.82, 2.24) is 8.75 Å². The van der Waals surface area contributed by atoms with Gasteiger partial charge in [-0.25, -0.2) is 0 Å². The summed E-state index contributed by atoms with van der Waals surface area (Å²) in [6.07, 6.45) is 10.1. The fourth-order valence-corrected chi connectivity index (χ4v) is 4.48. The van der Waals surface area contributed by atoms with E-state index in [4.69, 9.17) is 15.2 Å². The Bertz CT molecular complexity index is 698. The van der Waals surface area contributed by atoms with Crippen LogP contribution in [-0.4, -0.2) is 70.2 Å². The predicted molar refractivity (Wildman–Crippen MR) is 125 cm³/mol. The van der Waals surface area contributed by atoms with E-state index in [0.717, 1.165) is 36.4 Å². The van der Waals surface area contributed by atoms with E-state index in [-0.39, 0.29) is 12.2 Å². The minimum absolute atomic E-state index is 0.286. The van der Waals surface area contributed by atoms with E-state index in [2.05, 4.69) is 28.8 Å². The molecule has 2 N–H and O–H groups in total. The molecule has 30 heavy (non-hydrogen) atoms. The number of thioether (sulfide) groups is 1. The molecule has 0 bridgehead atoms. The van der Waals surface area contributed by atoms with Crippen LogP contribution < -0.4 is 10.5 Å². The van der Waals surface area contributed by atoms with Crippen molar-refractivity contribution in [2.75, 3.05) is 38.8 Å². The summed E-state index contributed by atoms with van der Waals surface area (Å²) in [7, 11) is 2.11. The lowest BCUT2D eigenvalue weighted by atomic mass is 10.0. The summed E-state index contributed by atoms with van der Waals surface area (Å²) in [6, 6.07) is -0.568. The maximum absolute atomic E-state index is 12.4. The highest BCUT2D eigenvalue weighted by atomic mass is 32.2. The number of carbonyl (C=O) groups is 1. The van der Waals surface area contributed by atoms with E-state index in [1.54, 1.807) is 11.8 Å². The molecular weight excluding hydrogens is 420 g/mol. The van der Waals surface area contributed by atoms with E-state index in [1.165, 1.54) is 31.0 Å². The molecule has 0 aromatic carbocycles. The first-order chi connectivity index (χ1) is 14.4. The third-order valence-corrected chi connectivity index (χ3v) is 6.82. The molecule has 0 fully saturated rings. The molecule has 170 valence electrons. The molecule has 1 aliphatic heterocycles. The lowest BCUT2D eigenvalue weighted by molar-refractivity contribution is -0.944. The molecule has 0 aliphatic carbocycles. The molecule has 0 saturated heterocycles. The molecule has 0 spiro atoms. The van der Waals surface area contributed by atoms with Crippen LogP contribution in [0.1, 0.15) is 58.1 Å². The Kier molecular flexibility index (Phi) is 10.6. The zero-order valence-electron chi connectivity index (χ0n) is 18.8. The van der Waals surface area contributed by atoms with Crippen molar-refractivity contribution in [1.29, 1.82) is 0 Å². The molecule has 1 aromatic heterocycles. The van der Waals surface area contributed by atoms with Gasteiger partial charge in [0, 0.05) is 18.9 Å². The molecule has 1 aromatic rings. The summed E-state index contributed by atoms with van der Waals surface area (Å²) in [6.45, 7) is 6.42. The maximum Gasteiger partial charge on any atom is 0.327 e. The van der Waals surface area contributed by atoms with Crippen molar-refractivity contribution in [2.24, 2.45) is 5.73 Å². The molecule has 1 aliphatic rings. The average molecular weight is 458 g/mol. The van der Waals surface area contributed by atoms with Gasteiger partial charge in [0.25, 0.3) is 5.88 Å². The normalized spacial score (nSPS) is 21.0. The quantitative estimate of drug-likeness (QED) is 0.274. The Morgan fingerprint density at radius 2 is 2.17 bits per heavy atom. The van der Waals surface area contributed by atoms with Gasteiger partial charge in [-0.2, -0.15) is 16.1 Å². The molecule has 2 rings (SSSR count). The lowest BCUT2D eigenvalue weighted by Gasteiger charge is -2.41. The van der Waals surface area contributed by atoms with Crippen LogP contribution in [0, 0.1) is 0 Å². The van der Waals surface area contributed by atoms with Crippen molar-refractivity contribution in [3.05, 3.63) is 11.8 Å². The highest BCUT2D eigenvalue weighted by Crippen LogP contribution is 2.31. The fourth-order valence-electron chi connectivity index (χ4n) is 3.46. The summed E-state index contributed by atoms with van der Waals surface area (Å²) in [5.41, 5.74) is 7.92. The second-order valence-electron chi connectivity index (χ2n) is 8.13. The third kappa shape index (κ3) is 7.21. The van der Waals surface area contributed by atoms with Gasteiger partial charge in [-0.05, 0) is 24.9 Å². The van der Waals surface area contributed by atoms with E-state index in [9.17, 15) is 4.79 Å². The first kappa shape index (κ1) is 25.1. The zero-order chi connectivity index (χ0) is 22.0. The van der Waals surface area contributed by atoms with Crippen LogP contribution in [0.15, 0.2) is 6.08 Å². The number of ether oxygens (including phenoxy) is 2. The average Bonchev–Trinajstić information content (AvgIpc) is 3.20. The van der Waals surface area contributed by atoms with Crippen LogP contribution in [-0.2, 0) is 9.53 Å². The van der Waals surface area contributed by atoms with Crippen LogP contribution in [0.4, 0.5) is 0 Å². The predicted octanol–water partition coefficient (Wildman–Crippen LogP) is 3.70. The van der Waals surface area contributed by atoms with E-state index in [0.29, 0.717) is 29.9 Å². The summed E-state index contributed by atoms with van der Waals surface area (Å²) in [4.78, 5) is 12.4. The van der Waals surface area contributed by atoms with Crippen molar-refractivity contribution in [3.8, 4) is 5.88 Å². The highest BCUT2D eigenvalue weighted by Gasteiger charge is 2.37. The van der Waals surface area contributed by atoms with Gasteiger partial charge in [-0.1, -0.05) is 32.3 Å². The van der Waals surface area contributed by atoms with Crippen molar-refractivity contribution in [3.63, 3.8) is 0 Å². The molecule has 7 nitrogen and oxygen atoms in total. The van der Waals surface area contributed by atoms with E-state index in [1.807, 2.05) is 13.2 Å². The summed E-state index contributed by atoms with van der Waals surface area (Å²) in [5.74, 6) is 1.15. The van der Waals surface area contributed by atoms with E-state index < -0.39 is 6.04 Å². The van der Waals surface area contributed by atoms with Crippen molar-refractivity contribution >= 4 is 35.0 Å². The van der Waals surface area contributed by atoms with Crippen LogP contribution in [0.25, 0.3) is 5.57 Å². The minimum Gasteiger partial charge on any atom is -0.475 e. The van der Waals surface area contributed by atoms with Gasteiger partial charge >= 0.3 is 5.97 Å². The molecule has 3 atom stereocenters. The smallest absolute Gasteiger partial charge is 0.327 e. The Balaban J connectivity index is 1.96. The Morgan fingerprint density at radius 1 is 1.37 bits per heavy atom. The van der Waals surface area contributed by atoms with Crippen molar-refractivity contribution in [2.45, 2.75) is 64.6 Å². The second-order valence-corrected chi connectivity index (χ2v) is 9.64. The molecule has 9 heteroatoms. The standard InChI is InChI=1S/C21H37N4O3S2/c1-5-6-7-8-13-27-20-19(23-30-24-20)17-10-9-12-25(3,15-17)16(2)28-21(26)18(22)11-14-29-4/h10,16,18H,5-9,11-15,22H2,1-4H3/q+1/t16?,18-,25?/m0/s1. The molecule has 0 radical (unpaired) electrons. The number of rotatable bonds is 13. The topological polar surface area (TPSA) is 87.3 Å². The molecule has 0 amide bonds. The van der Waals surface area contributed by atoms with Crippen molar-refractivity contribution < 1.29 is 18.8 Å². The molecule has 2 heterocycles. The maximum atomic E-state index is 12.4. The number of hydrogen-bond donors (Lipinski definition) is 1. The summed E-state index contributed by atoms with van der Waals surface area (Å²) < 4.78 is 21.1. The number of esters is 1. The fraction of sp³-hybridized carbons (Fsp3) is 0.762. The Hall–Kier alpha value is -1.16. The van der Waals surface area contributed by atoms with Crippen LogP contribution in [0.5, 0.6) is 5.88 Å². The largest absolute Gasteiger partial charge is 0.475 e. The number of hydrogen-bond acceptors (Lipinski definition) is 8. The number of carbonyl (C=O) groups excluding carboxylic acids is 1. The third-order valence-electron chi connectivity index (χ3n) is 5.66. The summed E-state index contributed by atoms with van der Waals surface area (Å²) >= 11 is 2.86. The van der Waals surface area contributed by atoms with Gasteiger partial charge in [0.1, 0.15) is 18.3 Å². The van der Waals surface area contributed by atoms with Crippen LogP contribution >= 0.6 is 23.5 Å². The Labute approximate surface area is 189 Å². The lowest BCUT2D eigenvalue weighted by Crippen LogP contribution is -2.56. The second kappa shape index (κ2) is 12.6. The SMILES string of the molecule is CCCCCCOc1nsnc1C1=CCC[N+](C)(C(C)OC(=O)[C@@H](N)CCSC)C1. The van der Waals surface area contributed by atoms with Gasteiger partial charge in [0.15, 0.2) is 0 Å². The number of likely N-dealkylation sites (N-methyl/N-ethyl adjacent to an activating group) is 1. The van der Waals surface area contributed by atoms with Gasteiger partial charge in [-0.15, -0.1) is 4.37 Å². The van der Waals surface area contributed by atoms with E-state index >= 15 is 0 Å². The Morgan fingerprint density at radius 3 is 2.90 bits per heavy atom. The highest BCUT2D eigenvalue weighted by molar-refractivity contribution is 7.98. The summed E-state index contributed by atoms with van der Waals surface area (Å²) in [5, 5.41) is 0. The molecule has 0 saturated carbocycles. The number of aromatic nitrogens is 2. The first-order valence-corrected chi connectivity index (χ1v) is 13.0. The number of nitrogens with zero attached hydrogens (tertiary/aromatic N) is 3. The minimum atomic E-state index is -0.568. The van der Waals surface area contributed by atoms with Crippen LogP contribution in [0.2, 0.25) is 0 Å². The molecule has 2 unspecified atom stereocenters. The number of quaternary nitrogens is 1. The first-order valence-electron chi connectivity index (χ1n) is 10.8. The van der Waals surface area contributed by atoms with Gasteiger partial charge in [0.2, 0.25) is 6.23 Å². The van der Waals surface area contributed by atoms with Gasteiger partial charge in [0.05, 0.1) is 31.9 Å². The molecular formula is C21H37N4O3S2+. The number of nitrogens with two attached hydrogens (primary N) is 1. The van der Waals surface area contributed by atoms with Gasteiger partial charge < -0.3 is 15.2 Å². The number of unbranched alkanes of at least 4 members (excludes halogenated alkanes) is 3. The zero-order valence-corrected chi connectivity index (χ0v) is 20.4. The van der Waals surface area contributed by atoms with Gasteiger partial charge in [-0.3, -0.25) is 9.28 Å². The van der Waals surface area contributed by atoms with Crippen LogP contribution in [0.3, 0.4) is 0 Å².